The van der Waals surface area contributed by atoms with Crippen LogP contribution in [0.3, 0.4) is 0 Å². The maximum absolute atomic E-state index is 6.14. The van der Waals surface area contributed by atoms with Crippen molar-refractivity contribution in [3.8, 4) is 0 Å². The second-order valence-corrected chi connectivity index (χ2v) is 5.47. The first-order valence-corrected chi connectivity index (χ1v) is 6.81. The molecule has 0 radical (unpaired) electrons. The third kappa shape index (κ3) is 2.88. The summed E-state index contributed by atoms with van der Waals surface area (Å²) >= 11 is 21.2. The molecule has 0 fully saturated rings. The first-order chi connectivity index (χ1) is 8.49. The van der Waals surface area contributed by atoms with Gasteiger partial charge in [-0.1, -0.05) is 23.2 Å². The van der Waals surface area contributed by atoms with Gasteiger partial charge in [-0.15, -0.1) is 0 Å². The molecule has 1 aromatic carbocycles. The van der Waals surface area contributed by atoms with Crippen LogP contribution in [0.25, 0.3) is 0 Å². The quantitative estimate of drug-likeness (QED) is 0.582. The molecule has 18 heavy (non-hydrogen) atoms. The minimum Gasteiger partial charge on any atom is -0.339 e. The first-order valence-electron chi connectivity index (χ1n) is 4.88. The molecule has 0 unspecified atom stereocenters. The number of hydrogen-bond acceptors (Lipinski definition) is 3. The highest BCUT2D eigenvalue weighted by atomic mass is 79.9. The van der Waals surface area contributed by atoms with E-state index in [4.69, 9.17) is 34.8 Å². The van der Waals surface area contributed by atoms with Crippen LogP contribution in [0.5, 0.6) is 0 Å². The lowest BCUT2D eigenvalue weighted by Crippen LogP contribution is -1.99. The first kappa shape index (κ1) is 13.9. The molecule has 0 saturated heterocycles. The van der Waals surface area contributed by atoms with Crippen molar-refractivity contribution in [1.82, 2.24) is 9.97 Å². The van der Waals surface area contributed by atoms with Crippen molar-refractivity contribution in [3.05, 3.63) is 43.7 Å². The minimum atomic E-state index is 0.169. The van der Waals surface area contributed by atoms with Crippen molar-refractivity contribution in [2.45, 2.75) is 6.92 Å². The average Bonchev–Trinajstić information content (AvgIpc) is 2.34. The van der Waals surface area contributed by atoms with Gasteiger partial charge in [0, 0.05) is 16.2 Å². The second-order valence-electron chi connectivity index (χ2n) is 3.52. The van der Waals surface area contributed by atoms with Crippen molar-refractivity contribution < 1.29 is 0 Å². The van der Waals surface area contributed by atoms with Gasteiger partial charge in [-0.2, -0.15) is 0 Å². The SMILES string of the molecule is Cc1cnc(Cl)nc1Nc1ccc(Br)c(Cl)c1Cl. The van der Waals surface area contributed by atoms with E-state index >= 15 is 0 Å². The summed E-state index contributed by atoms with van der Waals surface area (Å²) < 4.78 is 0.733. The molecular formula is C11H7BrCl3N3. The van der Waals surface area contributed by atoms with Crippen molar-refractivity contribution in [2.75, 3.05) is 5.32 Å². The van der Waals surface area contributed by atoms with E-state index in [1.54, 1.807) is 18.3 Å². The van der Waals surface area contributed by atoms with Crippen molar-refractivity contribution >= 4 is 62.2 Å². The van der Waals surface area contributed by atoms with Crippen LogP contribution < -0.4 is 5.32 Å². The number of benzene rings is 1. The lowest BCUT2D eigenvalue weighted by Gasteiger charge is -2.11. The molecule has 0 saturated carbocycles. The van der Waals surface area contributed by atoms with Gasteiger partial charge < -0.3 is 5.32 Å². The highest BCUT2D eigenvalue weighted by molar-refractivity contribution is 9.10. The highest BCUT2D eigenvalue weighted by Crippen LogP contribution is 2.37. The summed E-state index contributed by atoms with van der Waals surface area (Å²) in [7, 11) is 0. The monoisotopic (exact) mass is 365 g/mol. The second kappa shape index (κ2) is 5.61. The molecule has 7 heteroatoms. The van der Waals surface area contributed by atoms with E-state index in [0.29, 0.717) is 21.6 Å². The van der Waals surface area contributed by atoms with E-state index in [9.17, 15) is 0 Å². The lowest BCUT2D eigenvalue weighted by molar-refractivity contribution is 1.13. The summed E-state index contributed by atoms with van der Waals surface area (Å²) in [6, 6.07) is 3.60. The van der Waals surface area contributed by atoms with Crippen molar-refractivity contribution in [1.29, 1.82) is 0 Å². The molecule has 0 atom stereocenters. The van der Waals surface area contributed by atoms with Gasteiger partial charge >= 0.3 is 0 Å². The van der Waals surface area contributed by atoms with Crippen LogP contribution in [0.2, 0.25) is 15.3 Å². The Morgan fingerprint density at radius 1 is 1.17 bits per heavy atom. The maximum atomic E-state index is 6.14. The smallest absolute Gasteiger partial charge is 0.224 e. The van der Waals surface area contributed by atoms with E-state index < -0.39 is 0 Å². The molecule has 1 aromatic heterocycles. The van der Waals surface area contributed by atoms with Crippen LogP contribution in [0, 0.1) is 6.92 Å². The molecule has 2 rings (SSSR count). The number of halogens is 4. The highest BCUT2D eigenvalue weighted by Gasteiger charge is 2.10. The minimum absolute atomic E-state index is 0.169. The number of anilines is 2. The Bertz CT molecular complexity index is 604. The molecule has 0 spiro atoms. The Labute approximate surface area is 128 Å². The molecule has 0 aliphatic carbocycles. The Morgan fingerprint density at radius 3 is 2.61 bits per heavy atom. The van der Waals surface area contributed by atoms with Crippen LogP contribution in [0.4, 0.5) is 11.5 Å². The fourth-order valence-electron chi connectivity index (χ4n) is 1.30. The summed E-state index contributed by atoms with van der Waals surface area (Å²) in [6.45, 7) is 1.87. The number of rotatable bonds is 2. The van der Waals surface area contributed by atoms with Gasteiger partial charge in [0.25, 0.3) is 0 Å². The van der Waals surface area contributed by atoms with Gasteiger partial charge in [0.15, 0.2) is 0 Å². The van der Waals surface area contributed by atoms with E-state index in [1.807, 2.05) is 6.92 Å². The van der Waals surface area contributed by atoms with Crippen LogP contribution in [0.15, 0.2) is 22.8 Å². The third-order valence-corrected chi connectivity index (χ3v) is 4.18. The summed E-state index contributed by atoms with van der Waals surface area (Å²) in [5.41, 5.74) is 1.51. The summed E-state index contributed by atoms with van der Waals surface area (Å²) in [5, 5.41) is 4.11. The van der Waals surface area contributed by atoms with Gasteiger partial charge in [0.1, 0.15) is 5.82 Å². The molecule has 1 N–H and O–H groups in total. The standard InChI is InChI=1S/C11H7BrCl3N3/c1-5-4-16-11(15)18-10(5)17-7-3-2-6(12)8(13)9(7)14/h2-4H,1H3,(H,16,17,18). The molecular weight excluding hydrogens is 360 g/mol. The van der Waals surface area contributed by atoms with Gasteiger partial charge in [0.05, 0.1) is 15.7 Å². The molecule has 0 aliphatic rings. The zero-order valence-electron chi connectivity index (χ0n) is 9.14. The largest absolute Gasteiger partial charge is 0.339 e. The molecule has 2 aromatic rings. The summed E-state index contributed by atoms with van der Waals surface area (Å²) in [5.74, 6) is 0.593. The van der Waals surface area contributed by atoms with Gasteiger partial charge in [-0.25, -0.2) is 9.97 Å². The average molecular weight is 367 g/mol. The molecule has 0 bridgehead atoms. The fourth-order valence-corrected chi connectivity index (χ4v) is 2.25. The molecule has 0 aliphatic heterocycles. The summed E-state index contributed by atoms with van der Waals surface area (Å²) in [6.07, 6.45) is 1.63. The van der Waals surface area contributed by atoms with E-state index in [1.165, 1.54) is 0 Å². The van der Waals surface area contributed by atoms with Gasteiger partial charge in [-0.3, -0.25) is 0 Å². The Kier molecular flexibility index (Phi) is 4.33. The number of aryl methyl sites for hydroxylation is 1. The maximum Gasteiger partial charge on any atom is 0.224 e. The van der Waals surface area contributed by atoms with Crippen LogP contribution in [-0.4, -0.2) is 9.97 Å². The molecule has 0 amide bonds. The topological polar surface area (TPSA) is 37.8 Å². The van der Waals surface area contributed by atoms with E-state index in [0.717, 1.165) is 10.0 Å². The van der Waals surface area contributed by atoms with Gasteiger partial charge in [0.2, 0.25) is 5.28 Å². The third-order valence-electron chi connectivity index (χ3n) is 2.23. The summed E-state index contributed by atoms with van der Waals surface area (Å²) in [4.78, 5) is 7.97. The zero-order chi connectivity index (χ0) is 13.3. The number of nitrogens with zero attached hydrogens (tertiary/aromatic N) is 2. The van der Waals surface area contributed by atoms with E-state index in [-0.39, 0.29) is 5.28 Å². The van der Waals surface area contributed by atoms with Crippen LogP contribution in [-0.2, 0) is 0 Å². The predicted molar refractivity (Wildman–Crippen MR) is 79.2 cm³/mol. The normalized spacial score (nSPS) is 10.5. The van der Waals surface area contributed by atoms with Crippen molar-refractivity contribution in [2.24, 2.45) is 0 Å². The number of nitrogens with one attached hydrogen (secondary N) is 1. The molecule has 1 heterocycles. The van der Waals surface area contributed by atoms with E-state index in [2.05, 4.69) is 31.2 Å². The van der Waals surface area contributed by atoms with Crippen LogP contribution in [0.1, 0.15) is 5.56 Å². The van der Waals surface area contributed by atoms with Crippen LogP contribution >= 0.6 is 50.7 Å². The Morgan fingerprint density at radius 2 is 1.89 bits per heavy atom. The Hall–Kier alpha value is -0.550. The molecule has 3 nitrogen and oxygen atoms in total. The fraction of sp³-hybridized carbons (Fsp3) is 0.0909. The zero-order valence-corrected chi connectivity index (χ0v) is 13.0. The lowest BCUT2D eigenvalue weighted by atomic mass is 10.3. The van der Waals surface area contributed by atoms with Gasteiger partial charge in [-0.05, 0) is 46.6 Å². The number of hydrogen-bond donors (Lipinski definition) is 1. The Balaban J connectivity index is 2.40. The number of aromatic nitrogens is 2. The van der Waals surface area contributed by atoms with Crippen molar-refractivity contribution in [3.63, 3.8) is 0 Å². The molecule has 94 valence electrons. The predicted octanol–water partition coefficient (Wildman–Crippen LogP) is 5.25.